The van der Waals surface area contributed by atoms with Crippen molar-refractivity contribution in [2.24, 2.45) is 0 Å². The second-order valence-corrected chi connectivity index (χ2v) is 6.95. The quantitative estimate of drug-likeness (QED) is 0.479. The summed E-state index contributed by atoms with van der Waals surface area (Å²) in [5, 5.41) is 2.99. The van der Waals surface area contributed by atoms with Crippen LogP contribution in [0.1, 0.15) is 23.1 Å². The molecule has 1 amide bonds. The number of benzene rings is 3. The average Bonchev–Trinajstić information content (AvgIpc) is 2.77. The normalized spacial score (nSPS) is 11.9. The minimum atomic E-state index is -0.400. The topological polar surface area (TPSA) is 38.3 Å². The highest BCUT2D eigenvalue weighted by Gasteiger charge is 2.11. The minimum Gasteiger partial charge on any atom is -0.445 e. The molecule has 0 fully saturated rings. The molecule has 0 heterocycles. The lowest BCUT2D eigenvalue weighted by Crippen LogP contribution is -2.35. The van der Waals surface area contributed by atoms with Gasteiger partial charge in [-0.2, -0.15) is 0 Å². The van der Waals surface area contributed by atoms with Crippen LogP contribution in [-0.2, 0) is 24.2 Å². The van der Waals surface area contributed by atoms with Crippen LogP contribution in [-0.4, -0.2) is 12.1 Å². The zero-order chi connectivity index (χ0) is 20.2. The highest BCUT2D eigenvalue weighted by atomic mass is 16.5. The largest absolute Gasteiger partial charge is 0.445 e. The van der Waals surface area contributed by atoms with Crippen molar-refractivity contribution in [3.63, 3.8) is 0 Å². The third kappa shape index (κ3) is 7.67. The van der Waals surface area contributed by atoms with E-state index in [1.54, 1.807) is 0 Å². The first-order chi connectivity index (χ1) is 14.3. The number of carbonyl (C=O) groups is 1. The van der Waals surface area contributed by atoms with Gasteiger partial charge in [0.15, 0.2) is 0 Å². The molecule has 3 nitrogen and oxygen atoms in total. The van der Waals surface area contributed by atoms with E-state index in [0.29, 0.717) is 0 Å². The summed E-state index contributed by atoms with van der Waals surface area (Å²) < 4.78 is 5.39. The first-order valence-corrected chi connectivity index (χ1v) is 10.0. The van der Waals surface area contributed by atoms with E-state index in [4.69, 9.17) is 4.74 Å². The second kappa shape index (κ2) is 11.5. The number of hydrogen-bond donors (Lipinski definition) is 1. The Morgan fingerprint density at radius 2 is 1.34 bits per heavy atom. The van der Waals surface area contributed by atoms with Crippen LogP contribution in [0.25, 0.3) is 0 Å². The van der Waals surface area contributed by atoms with Crippen molar-refractivity contribution < 1.29 is 9.53 Å². The van der Waals surface area contributed by atoms with Gasteiger partial charge in [0.2, 0.25) is 0 Å². The van der Waals surface area contributed by atoms with Crippen LogP contribution in [0.5, 0.6) is 0 Å². The fourth-order valence-corrected chi connectivity index (χ4v) is 3.11. The number of ether oxygens (including phenoxy) is 1. The molecule has 1 atom stereocenters. The molecule has 0 saturated heterocycles. The van der Waals surface area contributed by atoms with Gasteiger partial charge in [-0.05, 0) is 36.0 Å². The number of alkyl carbamates (subject to hydrolysis) is 1. The van der Waals surface area contributed by atoms with E-state index in [9.17, 15) is 4.79 Å². The summed E-state index contributed by atoms with van der Waals surface area (Å²) in [6.07, 6.45) is 6.44. The Morgan fingerprint density at radius 3 is 1.97 bits per heavy atom. The third-order valence-corrected chi connectivity index (χ3v) is 4.63. The molecule has 3 heteroatoms. The molecule has 1 N–H and O–H groups in total. The molecule has 3 aromatic rings. The Labute approximate surface area is 173 Å². The maximum atomic E-state index is 12.3. The monoisotopic (exact) mass is 385 g/mol. The van der Waals surface area contributed by atoms with Crippen LogP contribution in [0, 0.1) is 0 Å². The number of rotatable bonds is 9. The molecule has 0 bridgehead atoms. The summed E-state index contributed by atoms with van der Waals surface area (Å²) in [5.74, 6) is 0. The van der Waals surface area contributed by atoms with Crippen molar-refractivity contribution in [2.75, 3.05) is 0 Å². The molecule has 0 aliphatic carbocycles. The number of amides is 1. The van der Waals surface area contributed by atoms with Gasteiger partial charge in [0, 0.05) is 0 Å². The number of carbonyl (C=O) groups excluding carboxylic acids is 1. The Morgan fingerprint density at radius 1 is 0.793 bits per heavy atom. The van der Waals surface area contributed by atoms with Crippen LogP contribution >= 0.6 is 0 Å². The van der Waals surface area contributed by atoms with Gasteiger partial charge in [0.05, 0.1) is 6.04 Å². The molecule has 0 saturated carbocycles. The Hall–Kier alpha value is -3.33. The predicted molar refractivity (Wildman–Crippen MR) is 118 cm³/mol. The zero-order valence-electron chi connectivity index (χ0n) is 16.5. The predicted octanol–water partition coefficient (Wildman–Crippen LogP) is 5.71. The molecule has 0 aliphatic heterocycles. The summed E-state index contributed by atoms with van der Waals surface area (Å²) in [6.45, 7) is 0.266. The lowest BCUT2D eigenvalue weighted by atomic mass is 10.0. The minimum absolute atomic E-state index is 0.114. The van der Waals surface area contributed by atoms with Crippen molar-refractivity contribution >= 4 is 6.09 Å². The van der Waals surface area contributed by atoms with Crippen molar-refractivity contribution in [3.05, 3.63) is 120 Å². The smallest absolute Gasteiger partial charge is 0.407 e. The molecule has 0 unspecified atom stereocenters. The molecule has 29 heavy (non-hydrogen) atoms. The van der Waals surface area contributed by atoms with Gasteiger partial charge >= 0.3 is 6.09 Å². The summed E-state index contributed by atoms with van der Waals surface area (Å²) >= 11 is 0. The fourth-order valence-electron chi connectivity index (χ4n) is 3.11. The van der Waals surface area contributed by atoms with Gasteiger partial charge < -0.3 is 10.1 Å². The summed E-state index contributed by atoms with van der Waals surface area (Å²) in [4.78, 5) is 12.3. The van der Waals surface area contributed by atoms with Crippen molar-refractivity contribution in [2.45, 2.75) is 31.9 Å². The van der Waals surface area contributed by atoms with Crippen LogP contribution in [0.4, 0.5) is 4.79 Å². The van der Waals surface area contributed by atoms with E-state index >= 15 is 0 Å². The van der Waals surface area contributed by atoms with Gasteiger partial charge in [0.1, 0.15) is 6.61 Å². The molecule has 0 aromatic heterocycles. The third-order valence-electron chi connectivity index (χ3n) is 4.63. The first kappa shape index (κ1) is 20.4. The number of nitrogens with one attached hydrogen (secondary N) is 1. The van der Waals surface area contributed by atoms with Crippen molar-refractivity contribution in [1.29, 1.82) is 0 Å². The zero-order valence-corrected chi connectivity index (χ0v) is 16.5. The molecule has 0 radical (unpaired) electrons. The molecule has 3 rings (SSSR count). The van der Waals surface area contributed by atoms with Gasteiger partial charge in [-0.25, -0.2) is 4.79 Å². The first-order valence-electron chi connectivity index (χ1n) is 10.0. The number of aryl methyl sites for hydroxylation is 1. The SMILES string of the molecule is O=C(N[C@@H](/C=C/CCc1ccccc1)Cc1ccccc1)OCc1ccccc1. The number of hydrogen-bond acceptors (Lipinski definition) is 2. The second-order valence-electron chi connectivity index (χ2n) is 6.95. The lowest BCUT2D eigenvalue weighted by Gasteiger charge is -2.15. The molecular formula is C26H27NO2. The van der Waals surface area contributed by atoms with E-state index in [-0.39, 0.29) is 12.6 Å². The molecule has 0 spiro atoms. The van der Waals surface area contributed by atoms with Crippen LogP contribution in [0.2, 0.25) is 0 Å². The van der Waals surface area contributed by atoms with Gasteiger partial charge in [-0.1, -0.05) is 103 Å². The summed E-state index contributed by atoms with van der Waals surface area (Å²) in [5.41, 5.74) is 3.46. The van der Waals surface area contributed by atoms with Crippen LogP contribution < -0.4 is 5.32 Å². The van der Waals surface area contributed by atoms with E-state index in [0.717, 1.165) is 24.8 Å². The lowest BCUT2D eigenvalue weighted by molar-refractivity contribution is 0.137. The molecule has 3 aromatic carbocycles. The average molecular weight is 386 g/mol. The molecule has 0 aliphatic rings. The summed E-state index contributed by atoms with van der Waals surface area (Å²) in [6, 6.07) is 30.2. The fraction of sp³-hybridized carbons (Fsp3) is 0.192. The molecule has 148 valence electrons. The highest BCUT2D eigenvalue weighted by Crippen LogP contribution is 2.08. The van der Waals surface area contributed by atoms with Crippen LogP contribution in [0.15, 0.2) is 103 Å². The maximum Gasteiger partial charge on any atom is 0.407 e. The van der Waals surface area contributed by atoms with Gasteiger partial charge in [-0.3, -0.25) is 0 Å². The van der Waals surface area contributed by atoms with E-state index in [1.807, 2.05) is 54.6 Å². The van der Waals surface area contributed by atoms with Gasteiger partial charge in [-0.15, -0.1) is 0 Å². The number of allylic oxidation sites excluding steroid dienone is 1. The highest BCUT2D eigenvalue weighted by molar-refractivity contribution is 5.68. The maximum absolute atomic E-state index is 12.3. The summed E-state index contributed by atoms with van der Waals surface area (Å²) in [7, 11) is 0. The van der Waals surface area contributed by atoms with E-state index in [1.165, 1.54) is 11.1 Å². The molecular weight excluding hydrogens is 358 g/mol. The van der Waals surface area contributed by atoms with Gasteiger partial charge in [0.25, 0.3) is 0 Å². The Bertz CT molecular complexity index is 876. The standard InChI is InChI=1S/C26H27NO2/c28-26(29-21-24-17-8-3-9-18-24)27-25(20-23-15-6-2-7-16-23)19-11-10-14-22-12-4-1-5-13-22/h1-9,11-13,15-19,25H,10,14,20-21H2,(H,27,28)/b19-11+/t25-/m0/s1. The Kier molecular flexibility index (Phi) is 8.09. The van der Waals surface area contributed by atoms with E-state index in [2.05, 4.69) is 53.9 Å². The van der Waals surface area contributed by atoms with Crippen molar-refractivity contribution in [3.8, 4) is 0 Å². The Balaban J connectivity index is 1.54. The van der Waals surface area contributed by atoms with Crippen LogP contribution in [0.3, 0.4) is 0 Å². The van der Waals surface area contributed by atoms with E-state index < -0.39 is 6.09 Å². The van der Waals surface area contributed by atoms with Crippen molar-refractivity contribution in [1.82, 2.24) is 5.32 Å².